The molecule has 0 fully saturated rings. The molecular weight excluding hydrogens is 278 g/mol. The second kappa shape index (κ2) is 5.74. The third-order valence-electron chi connectivity index (χ3n) is 2.93. The molecule has 1 heterocycles. The molecular formula is C13H17N3O3S. The normalized spacial score (nSPS) is 11.8. The summed E-state index contributed by atoms with van der Waals surface area (Å²) in [5.41, 5.74) is 7.36. The van der Waals surface area contributed by atoms with Gasteiger partial charge in [0.25, 0.3) is 0 Å². The molecule has 0 aliphatic heterocycles. The van der Waals surface area contributed by atoms with Crippen molar-refractivity contribution >= 4 is 10.0 Å². The summed E-state index contributed by atoms with van der Waals surface area (Å²) >= 11 is 0. The average Bonchev–Trinajstić information content (AvgIpc) is 2.83. The minimum absolute atomic E-state index is 0.0159. The van der Waals surface area contributed by atoms with Crippen molar-refractivity contribution in [2.45, 2.75) is 31.8 Å². The topological polar surface area (TPSA) is 98.2 Å². The van der Waals surface area contributed by atoms with Crippen LogP contribution in [0.2, 0.25) is 0 Å². The highest BCUT2D eigenvalue weighted by molar-refractivity contribution is 7.89. The number of rotatable bonds is 5. The first-order valence-corrected chi connectivity index (χ1v) is 7.61. The van der Waals surface area contributed by atoms with Crippen molar-refractivity contribution in [2.24, 2.45) is 5.73 Å². The van der Waals surface area contributed by atoms with Crippen LogP contribution in [0.5, 0.6) is 0 Å². The Bertz CT molecular complexity index is 707. The van der Waals surface area contributed by atoms with Gasteiger partial charge in [0.1, 0.15) is 5.76 Å². The van der Waals surface area contributed by atoms with Crippen molar-refractivity contribution in [3.63, 3.8) is 0 Å². The number of nitrogens with two attached hydrogens (primary N) is 1. The summed E-state index contributed by atoms with van der Waals surface area (Å²) in [6, 6.07) is 4.88. The van der Waals surface area contributed by atoms with Crippen molar-refractivity contribution in [1.82, 2.24) is 9.71 Å². The van der Waals surface area contributed by atoms with Crippen LogP contribution in [-0.4, -0.2) is 13.4 Å². The van der Waals surface area contributed by atoms with Crippen LogP contribution >= 0.6 is 0 Å². The van der Waals surface area contributed by atoms with Gasteiger partial charge in [-0.15, -0.1) is 0 Å². The molecule has 20 heavy (non-hydrogen) atoms. The lowest BCUT2D eigenvalue weighted by Crippen LogP contribution is -2.23. The Morgan fingerprint density at radius 3 is 2.70 bits per heavy atom. The number of aromatic nitrogens is 1. The van der Waals surface area contributed by atoms with E-state index in [1.165, 1.54) is 0 Å². The number of hydrogen-bond donors (Lipinski definition) is 2. The molecule has 0 saturated heterocycles. The largest absolute Gasteiger partial charge is 0.445 e. The van der Waals surface area contributed by atoms with Crippen LogP contribution in [0.1, 0.15) is 22.8 Å². The maximum Gasteiger partial charge on any atom is 0.241 e. The molecule has 1 aromatic heterocycles. The number of nitrogens with one attached hydrogen (secondary N) is 1. The number of sulfonamides is 1. The van der Waals surface area contributed by atoms with Gasteiger partial charge in [0.2, 0.25) is 15.9 Å². The molecule has 0 aliphatic carbocycles. The molecule has 1 aromatic carbocycles. The Morgan fingerprint density at radius 2 is 2.10 bits per heavy atom. The standard InChI is InChI=1S/C13H17N3O3S/c1-9-3-4-12(5-11(9)6-14)20(17,18)16-8-13-15-7-10(2)19-13/h3-5,7,16H,6,8,14H2,1-2H3. The SMILES string of the molecule is Cc1cnc(CNS(=O)(=O)c2ccc(C)c(CN)c2)o1. The van der Waals surface area contributed by atoms with Gasteiger partial charge in [-0.05, 0) is 37.1 Å². The van der Waals surface area contributed by atoms with Crippen LogP contribution in [0.25, 0.3) is 0 Å². The molecule has 2 rings (SSSR count). The van der Waals surface area contributed by atoms with E-state index in [-0.39, 0.29) is 11.4 Å². The summed E-state index contributed by atoms with van der Waals surface area (Å²) in [5, 5.41) is 0. The Kier molecular flexibility index (Phi) is 4.22. The first-order chi connectivity index (χ1) is 9.42. The Labute approximate surface area is 118 Å². The zero-order valence-corrected chi connectivity index (χ0v) is 12.2. The third kappa shape index (κ3) is 3.24. The molecule has 108 valence electrons. The van der Waals surface area contributed by atoms with Gasteiger partial charge >= 0.3 is 0 Å². The smallest absolute Gasteiger partial charge is 0.241 e. The summed E-state index contributed by atoms with van der Waals surface area (Å²) in [6.07, 6.45) is 1.54. The first kappa shape index (κ1) is 14.7. The molecule has 0 unspecified atom stereocenters. The predicted octanol–water partition coefficient (Wildman–Crippen LogP) is 1.23. The highest BCUT2D eigenvalue weighted by Gasteiger charge is 2.16. The van der Waals surface area contributed by atoms with Crippen LogP contribution in [0.15, 0.2) is 33.7 Å². The number of hydrogen-bond acceptors (Lipinski definition) is 5. The van der Waals surface area contributed by atoms with Crippen LogP contribution < -0.4 is 10.5 Å². The zero-order chi connectivity index (χ0) is 14.8. The highest BCUT2D eigenvalue weighted by Crippen LogP contribution is 2.15. The molecule has 7 heteroatoms. The third-order valence-corrected chi connectivity index (χ3v) is 4.33. The quantitative estimate of drug-likeness (QED) is 0.864. The maximum atomic E-state index is 12.2. The molecule has 0 radical (unpaired) electrons. The van der Waals surface area contributed by atoms with E-state index >= 15 is 0 Å². The van der Waals surface area contributed by atoms with Gasteiger partial charge in [0.05, 0.1) is 17.6 Å². The monoisotopic (exact) mass is 295 g/mol. The van der Waals surface area contributed by atoms with Crippen molar-refractivity contribution in [3.05, 3.63) is 47.2 Å². The summed E-state index contributed by atoms with van der Waals surface area (Å²) < 4.78 is 32.0. The average molecular weight is 295 g/mol. The molecule has 0 saturated carbocycles. The summed E-state index contributed by atoms with van der Waals surface area (Å²) in [6.45, 7) is 3.95. The van der Waals surface area contributed by atoms with Gasteiger partial charge in [-0.3, -0.25) is 0 Å². The Hall–Kier alpha value is -1.70. The van der Waals surface area contributed by atoms with E-state index in [0.29, 0.717) is 18.2 Å². The number of nitrogens with zero attached hydrogens (tertiary/aromatic N) is 1. The van der Waals surface area contributed by atoms with E-state index in [2.05, 4.69) is 9.71 Å². The van der Waals surface area contributed by atoms with E-state index in [0.717, 1.165) is 11.1 Å². The van der Waals surface area contributed by atoms with Gasteiger partial charge in [0, 0.05) is 6.54 Å². The molecule has 2 aromatic rings. The first-order valence-electron chi connectivity index (χ1n) is 6.13. The fraction of sp³-hybridized carbons (Fsp3) is 0.308. The molecule has 0 amide bonds. The second-order valence-corrected chi connectivity index (χ2v) is 6.25. The number of oxazole rings is 1. The van der Waals surface area contributed by atoms with Crippen LogP contribution in [-0.2, 0) is 23.1 Å². The summed E-state index contributed by atoms with van der Waals surface area (Å²) in [4.78, 5) is 4.13. The number of benzene rings is 1. The molecule has 0 atom stereocenters. The van der Waals surface area contributed by atoms with E-state index in [9.17, 15) is 8.42 Å². The Balaban J connectivity index is 2.17. The van der Waals surface area contributed by atoms with Crippen LogP contribution in [0.4, 0.5) is 0 Å². The van der Waals surface area contributed by atoms with E-state index in [1.807, 2.05) is 6.92 Å². The minimum Gasteiger partial charge on any atom is -0.445 e. The fourth-order valence-corrected chi connectivity index (χ4v) is 2.78. The van der Waals surface area contributed by atoms with Crippen LogP contribution in [0, 0.1) is 13.8 Å². The predicted molar refractivity (Wildman–Crippen MR) is 74.3 cm³/mol. The van der Waals surface area contributed by atoms with E-state index in [4.69, 9.17) is 10.2 Å². The molecule has 0 bridgehead atoms. The van der Waals surface area contributed by atoms with Gasteiger partial charge in [-0.1, -0.05) is 6.07 Å². The minimum atomic E-state index is -3.60. The maximum absolute atomic E-state index is 12.2. The van der Waals surface area contributed by atoms with Gasteiger partial charge in [-0.2, -0.15) is 0 Å². The number of aryl methyl sites for hydroxylation is 2. The molecule has 6 nitrogen and oxygen atoms in total. The van der Waals surface area contributed by atoms with E-state index in [1.54, 1.807) is 31.3 Å². The highest BCUT2D eigenvalue weighted by atomic mass is 32.2. The summed E-state index contributed by atoms with van der Waals surface area (Å²) in [5.74, 6) is 0.970. The lowest BCUT2D eigenvalue weighted by atomic mass is 10.1. The van der Waals surface area contributed by atoms with Gasteiger partial charge < -0.3 is 10.2 Å². The zero-order valence-electron chi connectivity index (χ0n) is 11.4. The summed E-state index contributed by atoms with van der Waals surface area (Å²) in [7, 11) is -3.60. The Morgan fingerprint density at radius 1 is 1.35 bits per heavy atom. The molecule has 0 aliphatic rings. The van der Waals surface area contributed by atoms with Crippen LogP contribution in [0.3, 0.4) is 0 Å². The van der Waals surface area contributed by atoms with E-state index < -0.39 is 10.0 Å². The lowest BCUT2D eigenvalue weighted by molar-refractivity contribution is 0.463. The fourth-order valence-electron chi connectivity index (χ4n) is 1.76. The van der Waals surface area contributed by atoms with Crippen molar-refractivity contribution < 1.29 is 12.8 Å². The van der Waals surface area contributed by atoms with Crippen molar-refractivity contribution in [1.29, 1.82) is 0 Å². The lowest BCUT2D eigenvalue weighted by Gasteiger charge is -2.08. The van der Waals surface area contributed by atoms with Crippen molar-refractivity contribution in [3.8, 4) is 0 Å². The van der Waals surface area contributed by atoms with Crippen molar-refractivity contribution in [2.75, 3.05) is 0 Å². The van der Waals surface area contributed by atoms with Gasteiger partial charge in [-0.25, -0.2) is 18.1 Å². The molecule has 0 spiro atoms. The second-order valence-electron chi connectivity index (χ2n) is 4.48. The molecule has 3 N–H and O–H groups in total. The van der Waals surface area contributed by atoms with Gasteiger partial charge in [0.15, 0.2) is 0 Å².